The maximum Gasteiger partial charge on any atom is 0.0498 e. The molecule has 0 atom stereocenters. The summed E-state index contributed by atoms with van der Waals surface area (Å²) in [6.07, 6.45) is 0. The Labute approximate surface area is 192 Å². The maximum atomic E-state index is 2.51. The molecule has 0 heterocycles. The second-order valence-corrected chi connectivity index (χ2v) is 10.3. The Morgan fingerprint density at radius 2 is 1.25 bits per heavy atom. The number of benzene rings is 4. The van der Waals surface area contributed by atoms with Gasteiger partial charge in [-0.1, -0.05) is 92.7 Å². The van der Waals surface area contributed by atoms with E-state index in [1.807, 2.05) is 0 Å². The van der Waals surface area contributed by atoms with Crippen LogP contribution in [0.3, 0.4) is 0 Å². The molecule has 4 aromatic carbocycles. The summed E-state index contributed by atoms with van der Waals surface area (Å²) in [6, 6.07) is 35.3. The van der Waals surface area contributed by atoms with E-state index in [4.69, 9.17) is 0 Å². The standard InChI is InChI=1S/C31H31N/c1-30(2,3)32(24-16-11-15-23(21-24)22-13-7-6-8-14-22)28-20-12-19-27-29(28)25-17-9-10-18-26(25)31(27,4)5/h6-21H,1-5H3. The first kappa shape index (κ1) is 20.6. The van der Waals surface area contributed by atoms with E-state index in [9.17, 15) is 0 Å². The minimum absolute atomic E-state index is 0.00260. The Balaban J connectivity index is 1.74. The van der Waals surface area contributed by atoms with Crippen LogP contribution in [0.5, 0.6) is 0 Å². The van der Waals surface area contributed by atoms with Gasteiger partial charge in [-0.25, -0.2) is 0 Å². The summed E-state index contributed by atoms with van der Waals surface area (Å²) in [5, 5.41) is 0. The predicted molar refractivity (Wildman–Crippen MR) is 138 cm³/mol. The van der Waals surface area contributed by atoms with Gasteiger partial charge in [-0.2, -0.15) is 0 Å². The number of hydrogen-bond donors (Lipinski definition) is 0. The zero-order valence-corrected chi connectivity index (χ0v) is 19.7. The van der Waals surface area contributed by atoms with E-state index in [1.54, 1.807) is 0 Å². The van der Waals surface area contributed by atoms with Gasteiger partial charge in [-0.15, -0.1) is 0 Å². The second-order valence-electron chi connectivity index (χ2n) is 10.3. The fraction of sp³-hybridized carbons (Fsp3) is 0.226. The molecule has 160 valence electrons. The van der Waals surface area contributed by atoms with E-state index in [2.05, 4.69) is 137 Å². The van der Waals surface area contributed by atoms with Gasteiger partial charge in [0.05, 0.1) is 0 Å². The molecule has 1 aliphatic carbocycles. The monoisotopic (exact) mass is 417 g/mol. The third-order valence-corrected chi connectivity index (χ3v) is 6.71. The summed E-state index contributed by atoms with van der Waals surface area (Å²) in [4.78, 5) is 2.51. The first-order valence-electron chi connectivity index (χ1n) is 11.5. The molecule has 0 saturated carbocycles. The summed E-state index contributed by atoms with van der Waals surface area (Å²) in [5.74, 6) is 0. The highest BCUT2D eigenvalue weighted by Gasteiger charge is 2.38. The highest BCUT2D eigenvalue weighted by Crippen LogP contribution is 2.53. The van der Waals surface area contributed by atoms with Gasteiger partial charge in [0.2, 0.25) is 0 Å². The third kappa shape index (κ3) is 3.24. The molecule has 0 unspecified atom stereocenters. The average Bonchev–Trinajstić information content (AvgIpc) is 3.02. The predicted octanol–water partition coefficient (Wildman–Crippen LogP) is 8.60. The first-order chi connectivity index (χ1) is 15.3. The molecule has 0 aromatic heterocycles. The Morgan fingerprint density at radius 1 is 0.625 bits per heavy atom. The van der Waals surface area contributed by atoms with E-state index < -0.39 is 0 Å². The van der Waals surface area contributed by atoms with Gasteiger partial charge in [-0.3, -0.25) is 0 Å². The van der Waals surface area contributed by atoms with E-state index in [0.717, 1.165) is 0 Å². The molecule has 1 heteroatoms. The van der Waals surface area contributed by atoms with E-state index in [1.165, 1.54) is 44.8 Å². The van der Waals surface area contributed by atoms with Crippen molar-refractivity contribution >= 4 is 11.4 Å². The molecule has 0 aliphatic heterocycles. The summed E-state index contributed by atoms with van der Waals surface area (Å²) < 4.78 is 0. The van der Waals surface area contributed by atoms with Crippen molar-refractivity contribution in [1.82, 2.24) is 0 Å². The molecule has 0 amide bonds. The van der Waals surface area contributed by atoms with Crippen molar-refractivity contribution < 1.29 is 0 Å². The van der Waals surface area contributed by atoms with Crippen LogP contribution in [0.25, 0.3) is 22.3 Å². The van der Waals surface area contributed by atoms with E-state index in [0.29, 0.717) is 0 Å². The molecule has 1 nitrogen and oxygen atoms in total. The van der Waals surface area contributed by atoms with Crippen LogP contribution in [0.15, 0.2) is 97.1 Å². The average molecular weight is 418 g/mol. The molecule has 0 bridgehead atoms. The Bertz CT molecular complexity index is 1280. The molecule has 0 N–H and O–H groups in total. The van der Waals surface area contributed by atoms with Crippen molar-refractivity contribution in [3.05, 3.63) is 108 Å². The Kier molecular flexibility index (Phi) is 4.74. The molecule has 0 radical (unpaired) electrons. The van der Waals surface area contributed by atoms with Crippen molar-refractivity contribution in [2.45, 2.75) is 45.6 Å². The highest BCUT2D eigenvalue weighted by molar-refractivity contribution is 5.92. The molecular weight excluding hydrogens is 386 g/mol. The van der Waals surface area contributed by atoms with Crippen molar-refractivity contribution in [3.63, 3.8) is 0 Å². The molecule has 1 aliphatic rings. The number of rotatable bonds is 3. The van der Waals surface area contributed by atoms with Gasteiger partial charge in [-0.05, 0) is 66.8 Å². The van der Waals surface area contributed by atoms with E-state index >= 15 is 0 Å². The van der Waals surface area contributed by atoms with Crippen LogP contribution >= 0.6 is 0 Å². The van der Waals surface area contributed by atoms with Crippen LogP contribution in [-0.2, 0) is 5.41 Å². The summed E-state index contributed by atoms with van der Waals surface area (Å²) in [7, 11) is 0. The normalized spacial score (nSPS) is 14.0. The molecule has 0 saturated heterocycles. The van der Waals surface area contributed by atoms with Crippen molar-refractivity contribution in [3.8, 4) is 22.3 Å². The highest BCUT2D eigenvalue weighted by atomic mass is 15.2. The SMILES string of the molecule is CC1(C)c2ccccc2-c2c(N(c3cccc(-c4ccccc4)c3)C(C)(C)C)cccc21. The summed E-state index contributed by atoms with van der Waals surface area (Å²) in [6.45, 7) is 11.6. The fourth-order valence-electron chi connectivity index (χ4n) is 5.26. The lowest BCUT2D eigenvalue weighted by Gasteiger charge is -2.39. The fourth-order valence-corrected chi connectivity index (χ4v) is 5.26. The van der Waals surface area contributed by atoms with Gasteiger partial charge >= 0.3 is 0 Å². The third-order valence-electron chi connectivity index (χ3n) is 6.71. The van der Waals surface area contributed by atoms with Gasteiger partial charge in [0.15, 0.2) is 0 Å². The summed E-state index contributed by atoms with van der Waals surface area (Å²) >= 11 is 0. The Hall–Kier alpha value is -3.32. The lowest BCUT2D eigenvalue weighted by Crippen LogP contribution is -2.38. The zero-order chi connectivity index (χ0) is 22.5. The van der Waals surface area contributed by atoms with Gasteiger partial charge < -0.3 is 4.90 Å². The maximum absolute atomic E-state index is 2.51. The van der Waals surface area contributed by atoms with Crippen molar-refractivity contribution in [1.29, 1.82) is 0 Å². The number of fused-ring (bicyclic) bond motifs is 3. The molecule has 5 rings (SSSR count). The van der Waals surface area contributed by atoms with Crippen LogP contribution in [0.4, 0.5) is 11.4 Å². The number of nitrogens with zero attached hydrogens (tertiary/aromatic N) is 1. The second kappa shape index (κ2) is 7.38. The molecule has 0 fully saturated rings. The first-order valence-corrected chi connectivity index (χ1v) is 11.5. The van der Waals surface area contributed by atoms with Crippen LogP contribution < -0.4 is 4.90 Å². The zero-order valence-electron chi connectivity index (χ0n) is 19.7. The lowest BCUT2D eigenvalue weighted by molar-refractivity contribution is 0.560. The molecular formula is C31H31N. The van der Waals surface area contributed by atoms with Gasteiger partial charge in [0.1, 0.15) is 0 Å². The number of hydrogen-bond acceptors (Lipinski definition) is 1. The smallest absolute Gasteiger partial charge is 0.0498 e. The lowest BCUT2D eigenvalue weighted by atomic mass is 9.82. The minimum atomic E-state index is -0.0912. The number of anilines is 2. The van der Waals surface area contributed by atoms with Crippen molar-refractivity contribution in [2.75, 3.05) is 4.90 Å². The topological polar surface area (TPSA) is 3.24 Å². The van der Waals surface area contributed by atoms with Crippen LogP contribution in [0, 0.1) is 0 Å². The molecule has 4 aromatic rings. The largest absolute Gasteiger partial charge is 0.336 e. The summed E-state index contributed by atoms with van der Waals surface area (Å²) in [5.41, 5.74) is 10.4. The molecule has 0 spiro atoms. The van der Waals surface area contributed by atoms with Crippen LogP contribution in [0.2, 0.25) is 0 Å². The quantitative estimate of drug-likeness (QED) is 0.322. The minimum Gasteiger partial charge on any atom is -0.336 e. The van der Waals surface area contributed by atoms with Crippen molar-refractivity contribution in [2.24, 2.45) is 0 Å². The van der Waals surface area contributed by atoms with Gasteiger partial charge in [0.25, 0.3) is 0 Å². The van der Waals surface area contributed by atoms with E-state index in [-0.39, 0.29) is 11.0 Å². The molecule has 32 heavy (non-hydrogen) atoms. The van der Waals surface area contributed by atoms with Gasteiger partial charge in [0, 0.05) is 27.9 Å². The van der Waals surface area contributed by atoms with Crippen LogP contribution in [-0.4, -0.2) is 5.54 Å². The Morgan fingerprint density at radius 3 is 2.00 bits per heavy atom. The van der Waals surface area contributed by atoms with Crippen LogP contribution in [0.1, 0.15) is 45.7 Å².